The van der Waals surface area contributed by atoms with Crippen LogP contribution in [0.25, 0.3) is 10.1 Å². The van der Waals surface area contributed by atoms with E-state index in [0.29, 0.717) is 4.88 Å². The lowest BCUT2D eigenvalue weighted by molar-refractivity contribution is -0.143. The minimum atomic E-state index is -1.35. The van der Waals surface area contributed by atoms with Crippen molar-refractivity contribution in [3.05, 3.63) is 35.2 Å². The largest absolute Gasteiger partial charge is 0.479 e. The number of carboxylic acids is 1. The third-order valence-electron chi connectivity index (χ3n) is 3.05. The Bertz CT molecular complexity index is 619. The van der Waals surface area contributed by atoms with E-state index < -0.39 is 17.5 Å². The second-order valence-corrected chi connectivity index (χ2v) is 5.25. The summed E-state index contributed by atoms with van der Waals surface area (Å²) in [5, 5.41) is 15.4. The Morgan fingerprint density at radius 2 is 2.17 bits per heavy atom. The van der Waals surface area contributed by atoms with Gasteiger partial charge in [-0.15, -0.1) is 11.3 Å². The van der Waals surface area contributed by atoms with Crippen molar-refractivity contribution in [1.29, 1.82) is 0 Å². The predicted octanol–water partition coefficient (Wildman–Crippen LogP) is 1.49. The zero-order chi connectivity index (χ0) is 12.8. The zero-order valence-corrected chi connectivity index (χ0v) is 10.1. The molecule has 0 bridgehead atoms. The van der Waals surface area contributed by atoms with Gasteiger partial charge in [0.2, 0.25) is 0 Å². The summed E-state index contributed by atoms with van der Waals surface area (Å²) in [4.78, 5) is 23.4. The van der Waals surface area contributed by atoms with Crippen molar-refractivity contribution in [1.82, 2.24) is 10.6 Å². The van der Waals surface area contributed by atoms with Gasteiger partial charge >= 0.3 is 12.0 Å². The van der Waals surface area contributed by atoms with E-state index in [-0.39, 0.29) is 6.54 Å². The smallest absolute Gasteiger partial charge is 0.336 e. The van der Waals surface area contributed by atoms with Crippen molar-refractivity contribution >= 4 is 33.4 Å². The maximum absolute atomic E-state index is 11.5. The molecule has 92 valence electrons. The van der Waals surface area contributed by atoms with Crippen molar-refractivity contribution in [3.63, 3.8) is 0 Å². The van der Waals surface area contributed by atoms with Crippen molar-refractivity contribution < 1.29 is 14.7 Å². The van der Waals surface area contributed by atoms with Crippen LogP contribution in [0.5, 0.6) is 0 Å². The van der Waals surface area contributed by atoms with Crippen LogP contribution < -0.4 is 10.6 Å². The maximum atomic E-state index is 11.5. The van der Waals surface area contributed by atoms with Crippen LogP contribution in [0.1, 0.15) is 4.88 Å². The molecule has 1 aliphatic rings. The summed E-state index contributed by atoms with van der Waals surface area (Å²) in [6.07, 6.45) is 0. The maximum Gasteiger partial charge on any atom is 0.336 e. The zero-order valence-electron chi connectivity index (χ0n) is 9.27. The monoisotopic (exact) mass is 262 g/mol. The molecular weight excluding hydrogens is 252 g/mol. The van der Waals surface area contributed by atoms with Gasteiger partial charge in [0.1, 0.15) is 0 Å². The van der Waals surface area contributed by atoms with E-state index in [1.54, 1.807) is 0 Å². The Balaban J connectivity index is 2.16. The van der Waals surface area contributed by atoms with E-state index in [2.05, 4.69) is 10.6 Å². The third kappa shape index (κ3) is 1.46. The molecule has 3 rings (SSSR count). The molecule has 0 radical (unpaired) electrons. The molecule has 0 saturated carbocycles. The molecular formula is C12H10N2O3S. The molecule has 6 heteroatoms. The molecule has 1 fully saturated rings. The molecule has 1 saturated heterocycles. The number of hydrogen-bond acceptors (Lipinski definition) is 3. The Labute approximate surface area is 106 Å². The Morgan fingerprint density at radius 1 is 1.39 bits per heavy atom. The number of aliphatic carboxylic acids is 1. The SMILES string of the molecule is O=C1NCC(C(=O)O)(c2cc3ccccc3s2)N1. The van der Waals surface area contributed by atoms with Gasteiger partial charge in [0.15, 0.2) is 5.54 Å². The lowest BCUT2D eigenvalue weighted by Crippen LogP contribution is -2.47. The van der Waals surface area contributed by atoms with Crippen LogP contribution in [0, 0.1) is 0 Å². The predicted molar refractivity (Wildman–Crippen MR) is 67.7 cm³/mol. The number of carbonyl (C=O) groups excluding carboxylic acids is 1. The summed E-state index contributed by atoms with van der Waals surface area (Å²) in [6.45, 7) is 0.0635. The lowest BCUT2D eigenvalue weighted by atomic mass is 9.99. The van der Waals surface area contributed by atoms with Crippen molar-refractivity contribution in [2.45, 2.75) is 5.54 Å². The molecule has 1 unspecified atom stereocenters. The summed E-state index contributed by atoms with van der Waals surface area (Å²) in [5.41, 5.74) is -1.35. The Morgan fingerprint density at radius 3 is 2.78 bits per heavy atom. The quantitative estimate of drug-likeness (QED) is 0.767. The second-order valence-electron chi connectivity index (χ2n) is 4.17. The van der Waals surface area contributed by atoms with E-state index in [0.717, 1.165) is 10.1 Å². The summed E-state index contributed by atoms with van der Waals surface area (Å²) < 4.78 is 1.01. The highest BCUT2D eigenvalue weighted by Crippen LogP contribution is 2.34. The highest BCUT2D eigenvalue weighted by Gasteiger charge is 2.47. The fourth-order valence-electron chi connectivity index (χ4n) is 2.07. The first-order chi connectivity index (χ1) is 8.62. The second kappa shape index (κ2) is 3.71. The summed E-state index contributed by atoms with van der Waals surface area (Å²) in [7, 11) is 0. The number of carbonyl (C=O) groups is 2. The number of urea groups is 1. The van der Waals surface area contributed by atoms with Crippen molar-refractivity contribution in [2.75, 3.05) is 6.54 Å². The first-order valence-electron chi connectivity index (χ1n) is 5.40. The average Bonchev–Trinajstić information content (AvgIpc) is 2.92. The van der Waals surface area contributed by atoms with Gasteiger partial charge in [-0.1, -0.05) is 18.2 Å². The van der Waals surface area contributed by atoms with Gasteiger partial charge in [0.05, 0.1) is 6.54 Å². The number of nitrogens with one attached hydrogen (secondary N) is 2. The molecule has 3 N–H and O–H groups in total. The summed E-state index contributed by atoms with van der Waals surface area (Å²) in [5.74, 6) is -1.05. The summed E-state index contributed by atoms with van der Waals surface area (Å²) in [6, 6.07) is 9.04. The van der Waals surface area contributed by atoms with Gasteiger partial charge in [-0.3, -0.25) is 0 Å². The van der Waals surface area contributed by atoms with E-state index >= 15 is 0 Å². The van der Waals surface area contributed by atoms with Crippen LogP contribution >= 0.6 is 11.3 Å². The molecule has 2 heterocycles. The highest BCUT2D eigenvalue weighted by molar-refractivity contribution is 7.19. The van der Waals surface area contributed by atoms with Crippen LogP contribution in [-0.2, 0) is 10.3 Å². The standard InChI is InChI=1S/C12H10N2O3S/c15-10(16)12(6-13-11(17)14-12)9-5-7-3-1-2-4-8(7)18-9/h1-5H,6H2,(H,15,16)(H2,13,14,17). The van der Waals surface area contributed by atoms with Gasteiger partial charge in [0.25, 0.3) is 0 Å². The molecule has 5 nitrogen and oxygen atoms in total. The van der Waals surface area contributed by atoms with E-state index in [4.69, 9.17) is 0 Å². The summed E-state index contributed by atoms with van der Waals surface area (Å²) >= 11 is 1.39. The highest BCUT2D eigenvalue weighted by atomic mass is 32.1. The van der Waals surface area contributed by atoms with Crippen LogP contribution in [0.4, 0.5) is 4.79 Å². The first kappa shape index (κ1) is 11.0. The van der Waals surface area contributed by atoms with E-state index in [1.165, 1.54) is 11.3 Å². The van der Waals surface area contributed by atoms with Gasteiger partial charge in [-0.25, -0.2) is 9.59 Å². The molecule has 2 amide bonds. The molecule has 2 aromatic rings. The number of carboxylic acid groups (broad SMARTS) is 1. The van der Waals surface area contributed by atoms with Crippen molar-refractivity contribution in [2.24, 2.45) is 0 Å². The van der Waals surface area contributed by atoms with Gasteiger partial charge < -0.3 is 15.7 Å². The Hall–Kier alpha value is -2.08. The minimum absolute atomic E-state index is 0.0635. The van der Waals surface area contributed by atoms with E-state index in [9.17, 15) is 14.7 Å². The molecule has 1 aromatic heterocycles. The van der Waals surface area contributed by atoms with Crippen LogP contribution in [-0.4, -0.2) is 23.7 Å². The van der Waals surface area contributed by atoms with Gasteiger partial charge in [0, 0.05) is 9.58 Å². The van der Waals surface area contributed by atoms with Crippen LogP contribution in [0.15, 0.2) is 30.3 Å². The number of benzene rings is 1. The van der Waals surface area contributed by atoms with E-state index in [1.807, 2.05) is 30.3 Å². The molecule has 18 heavy (non-hydrogen) atoms. The molecule has 1 aromatic carbocycles. The normalized spacial score (nSPS) is 22.8. The molecule has 1 aliphatic heterocycles. The van der Waals surface area contributed by atoms with Crippen molar-refractivity contribution in [3.8, 4) is 0 Å². The fraction of sp³-hybridized carbons (Fsp3) is 0.167. The molecule has 0 aliphatic carbocycles. The number of hydrogen-bond donors (Lipinski definition) is 3. The fourth-order valence-corrected chi connectivity index (χ4v) is 3.27. The number of thiophene rings is 1. The Kier molecular flexibility index (Phi) is 2.27. The van der Waals surface area contributed by atoms with Crippen LogP contribution in [0.2, 0.25) is 0 Å². The van der Waals surface area contributed by atoms with Gasteiger partial charge in [-0.05, 0) is 17.5 Å². The lowest BCUT2D eigenvalue weighted by Gasteiger charge is -2.20. The molecule has 0 spiro atoms. The third-order valence-corrected chi connectivity index (χ3v) is 4.33. The number of rotatable bonds is 2. The van der Waals surface area contributed by atoms with Gasteiger partial charge in [-0.2, -0.15) is 0 Å². The topological polar surface area (TPSA) is 78.4 Å². The molecule has 1 atom stereocenters. The average molecular weight is 262 g/mol. The number of amides is 2. The van der Waals surface area contributed by atoms with Crippen LogP contribution in [0.3, 0.4) is 0 Å². The minimum Gasteiger partial charge on any atom is -0.479 e. The first-order valence-corrected chi connectivity index (χ1v) is 6.22. The number of fused-ring (bicyclic) bond motifs is 1.